The minimum absolute atomic E-state index is 0.101. The second kappa shape index (κ2) is 8.76. The Bertz CT molecular complexity index is 840. The number of piperidine rings is 1. The third-order valence-corrected chi connectivity index (χ3v) is 6.35. The second-order valence-corrected chi connectivity index (χ2v) is 8.37. The van der Waals surface area contributed by atoms with Gasteiger partial charge in [-0.15, -0.1) is 0 Å². The summed E-state index contributed by atoms with van der Waals surface area (Å²) in [5.41, 5.74) is 1.88. The predicted molar refractivity (Wildman–Crippen MR) is 112 cm³/mol. The van der Waals surface area contributed by atoms with Crippen molar-refractivity contribution in [2.45, 2.75) is 38.5 Å². The number of hydrogen-bond donors (Lipinski definition) is 0. The summed E-state index contributed by atoms with van der Waals surface area (Å²) in [7, 11) is 0. The van der Waals surface area contributed by atoms with E-state index in [2.05, 4.69) is 29.2 Å². The van der Waals surface area contributed by atoms with E-state index < -0.39 is 0 Å². The highest BCUT2D eigenvalue weighted by atomic mass is 16.2. The van der Waals surface area contributed by atoms with Crippen LogP contribution in [0.15, 0.2) is 54.9 Å². The summed E-state index contributed by atoms with van der Waals surface area (Å²) in [6, 6.07) is 14.2. The van der Waals surface area contributed by atoms with Gasteiger partial charge in [0.05, 0.1) is 11.8 Å². The van der Waals surface area contributed by atoms with Crippen LogP contribution in [0.2, 0.25) is 0 Å². The molecule has 0 N–H and O–H groups in total. The Balaban J connectivity index is 1.33. The molecular weight excluding hydrogens is 362 g/mol. The summed E-state index contributed by atoms with van der Waals surface area (Å²) in [6.45, 7) is 2.90. The summed E-state index contributed by atoms with van der Waals surface area (Å²) in [5, 5.41) is 0. The number of likely N-dealkylation sites (tertiary alicyclic amines) is 2. The van der Waals surface area contributed by atoms with Crippen molar-refractivity contribution < 1.29 is 9.59 Å². The van der Waals surface area contributed by atoms with E-state index >= 15 is 0 Å². The van der Waals surface area contributed by atoms with Crippen molar-refractivity contribution in [3.05, 3.63) is 66.0 Å². The maximum atomic E-state index is 13.3. The normalized spacial score (nSPS) is 21.7. The van der Waals surface area contributed by atoms with Crippen molar-refractivity contribution in [2.75, 3.05) is 26.2 Å². The summed E-state index contributed by atoms with van der Waals surface area (Å²) >= 11 is 0. The Morgan fingerprint density at radius 1 is 1.03 bits per heavy atom. The number of amides is 2. The number of rotatable bonds is 6. The van der Waals surface area contributed by atoms with Gasteiger partial charge in [-0.2, -0.15) is 0 Å². The van der Waals surface area contributed by atoms with Gasteiger partial charge in [-0.1, -0.05) is 36.4 Å². The largest absolute Gasteiger partial charge is 0.342 e. The van der Waals surface area contributed by atoms with E-state index in [0.29, 0.717) is 19.5 Å². The second-order valence-electron chi connectivity index (χ2n) is 8.37. The van der Waals surface area contributed by atoms with Crippen LogP contribution >= 0.6 is 0 Å². The number of aromatic nitrogens is 1. The number of aryl methyl sites for hydroxylation is 1. The zero-order valence-corrected chi connectivity index (χ0v) is 16.9. The third-order valence-electron chi connectivity index (χ3n) is 6.35. The molecule has 3 heterocycles. The Labute approximate surface area is 172 Å². The molecule has 152 valence electrons. The van der Waals surface area contributed by atoms with E-state index in [1.54, 1.807) is 12.4 Å². The lowest BCUT2D eigenvalue weighted by Crippen LogP contribution is -2.50. The van der Waals surface area contributed by atoms with Gasteiger partial charge in [0, 0.05) is 38.6 Å². The first-order valence-corrected chi connectivity index (χ1v) is 10.7. The summed E-state index contributed by atoms with van der Waals surface area (Å²) in [4.78, 5) is 34.0. The van der Waals surface area contributed by atoms with E-state index in [-0.39, 0.29) is 17.2 Å². The van der Waals surface area contributed by atoms with Crippen molar-refractivity contribution in [1.82, 2.24) is 14.8 Å². The summed E-state index contributed by atoms with van der Waals surface area (Å²) in [5.74, 6) is 0.359. The molecule has 1 aromatic heterocycles. The molecule has 0 radical (unpaired) electrons. The molecule has 2 amide bonds. The summed E-state index contributed by atoms with van der Waals surface area (Å²) < 4.78 is 0. The molecule has 2 fully saturated rings. The van der Waals surface area contributed by atoms with Crippen molar-refractivity contribution in [3.8, 4) is 0 Å². The van der Waals surface area contributed by atoms with E-state index in [0.717, 1.165) is 50.8 Å². The smallest absolute Gasteiger partial charge is 0.230 e. The van der Waals surface area contributed by atoms with Crippen LogP contribution in [-0.2, 0) is 22.4 Å². The van der Waals surface area contributed by atoms with E-state index in [1.807, 2.05) is 28.0 Å². The molecule has 2 aliphatic rings. The van der Waals surface area contributed by atoms with Crippen LogP contribution in [0, 0.1) is 5.41 Å². The molecule has 1 atom stereocenters. The highest BCUT2D eigenvalue weighted by Crippen LogP contribution is 2.40. The molecule has 2 aliphatic heterocycles. The number of benzene rings is 1. The lowest BCUT2D eigenvalue weighted by molar-refractivity contribution is -0.146. The lowest BCUT2D eigenvalue weighted by atomic mass is 9.78. The number of pyridine rings is 1. The van der Waals surface area contributed by atoms with Gasteiger partial charge in [0.2, 0.25) is 11.8 Å². The zero-order chi connectivity index (χ0) is 20.1. The molecule has 0 unspecified atom stereocenters. The highest BCUT2D eigenvalue weighted by Gasteiger charge is 2.49. The lowest BCUT2D eigenvalue weighted by Gasteiger charge is -2.39. The number of nitrogens with zero attached hydrogens (tertiary/aromatic N) is 3. The fourth-order valence-corrected chi connectivity index (χ4v) is 4.74. The van der Waals surface area contributed by atoms with E-state index in [9.17, 15) is 9.59 Å². The number of hydrogen-bond acceptors (Lipinski definition) is 3. The molecule has 2 aromatic rings. The average Bonchev–Trinajstić information content (AvgIpc) is 3.18. The highest BCUT2D eigenvalue weighted by molar-refractivity contribution is 5.86. The quantitative estimate of drug-likeness (QED) is 0.760. The number of carbonyl (C=O) groups is 2. The molecular formula is C24H29N3O2. The van der Waals surface area contributed by atoms with Crippen LogP contribution < -0.4 is 0 Å². The summed E-state index contributed by atoms with van der Waals surface area (Å²) in [6.07, 6.45) is 8.51. The Morgan fingerprint density at radius 2 is 1.86 bits per heavy atom. The van der Waals surface area contributed by atoms with Gasteiger partial charge in [0.1, 0.15) is 0 Å². The van der Waals surface area contributed by atoms with Gasteiger partial charge in [-0.25, -0.2) is 0 Å². The monoisotopic (exact) mass is 391 g/mol. The zero-order valence-electron chi connectivity index (χ0n) is 16.9. The van der Waals surface area contributed by atoms with Crippen LogP contribution in [0.4, 0.5) is 0 Å². The van der Waals surface area contributed by atoms with Crippen LogP contribution in [0.25, 0.3) is 0 Å². The van der Waals surface area contributed by atoms with Crippen molar-refractivity contribution in [3.63, 3.8) is 0 Å². The van der Waals surface area contributed by atoms with E-state index in [4.69, 9.17) is 0 Å². The molecule has 5 nitrogen and oxygen atoms in total. The van der Waals surface area contributed by atoms with Gasteiger partial charge in [-0.3, -0.25) is 14.6 Å². The van der Waals surface area contributed by atoms with Gasteiger partial charge in [0.25, 0.3) is 0 Å². The Morgan fingerprint density at radius 3 is 2.66 bits per heavy atom. The molecule has 0 bridgehead atoms. The topological polar surface area (TPSA) is 53.5 Å². The first-order valence-electron chi connectivity index (χ1n) is 10.7. The molecule has 5 heteroatoms. The van der Waals surface area contributed by atoms with Crippen LogP contribution in [0.1, 0.15) is 36.8 Å². The minimum Gasteiger partial charge on any atom is -0.342 e. The maximum absolute atomic E-state index is 13.3. The van der Waals surface area contributed by atoms with Crippen molar-refractivity contribution in [1.29, 1.82) is 0 Å². The standard InChI is InChI=1S/C24H29N3O2/c28-22(17-21-9-4-13-25-18-21)27-16-12-24(19-27)11-6-15-26(23(24)29)14-5-10-20-7-2-1-3-8-20/h1-4,7-9,13,18H,5-6,10-12,14-17,19H2/t24-/m1/s1. The van der Waals surface area contributed by atoms with Gasteiger partial charge in [-0.05, 0) is 49.3 Å². The maximum Gasteiger partial charge on any atom is 0.230 e. The molecule has 4 rings (SSSR count). The first kappa shape index (κ1) is 19.6. The first-order chi connectivity index (χ1) is 14.2. The average molecular weight is 392 g/mol. The molecule has 0 saturated carbocycles. The molecule has 2 saturated heterocycles. The number of carbonyl (C=O) groups excluding carboxylic acids is 2. The van der Waals surface area contributed by atoms with E-state index in [1.165, 1.54) is 5.56 Å². The third kappa shape index (κ3) is 4.50. The molecule has 1 aromatic carbocycles. The Kier molecular flexibility index (Phi) is 5.93. The minimum atomic E-state index is -0.365. The SMILES string of the molecule is O=C(Cc1cccnc1)N1CC[C@]2(CCCN(CCCc3ccccc3)C2=O)C1. The fraction of sp³-hybridized carbons (Fsp3) is 0.458. The molecule has 0 aliphatic carbocycles. The van der Waals surface area contributed by atoms with Crippen molar-refractivity contribution >= 4 is 11.8 Å². The van der Waals surface area contributed by atoms with Crippen molar-refractivity contribution in [2.24, 2.45) is 5.41 Å². The van der Waals surface area contributed by atoms with Gasteiger partial charge >= 0.3 is 0 Å². The van der Waals surface area contributed by atoms with Gasteiger partial charge in [0.15, 0.2) is 0 Å². The van der Waals surface area contributed by atoms with Crippen LogP contribution in [0.5, 0.6) is 0 Å². The van der Waals surface area contributed by atoms with Crippen LogP contribution in [-0.4, -0.2) is 52.8 Å². The molecule has 1 spiro atoms. The predicted octanol–water partition coefficient (Wildman–Crippen LogP) is 3.10. The fourth-order valence-electron chi connectivity index (χ4n) is 4.74. The van der Waals surface area contributed by atoms with Gasteiger partial charge < -0.3 is 9.80 Å². The van der Waals surface area contributed by atoms with Crippen LogP contribution in [0.3, 0.4) is 0 Å². The molecule has 29 heavy (non-hydrogen) atoms. The Hall–Kier alpha value is -2.69.